The zero-order valence-electron chi connectivity index (χ0n) is 18.6. The summed E-state index contributed by atoms with van der Waals surface area (Å²) in [6.45, 7) is 2.64. The van der Waals surface area contributed by atoms with E-state index in [1.807, 2.05) is 35.8 Å². The first kappa shape index (κ1) is 22.9. The monoisotopic (exact) mass is 505 g/mol. The standard InChI is InChI=1S/C26H20FN3O3S2/c1-2-30-23-15-10-17-6-3-4-9-22(17)24(23)34-26(30)28-25(31)18-7-5-8-20(16-18)29-35(32,33)21-13-11-19(27)12-14-21/h3-16,29H,2H2,1H3. The molecular formula is C26H20FN3O3S2. The van der Waals surface area contributed by atoms with Gasteiger partial charge >= 0.3 is 0 Å². The van der Waals surface area contributed by atoms with E-state index in [-0.39, 0.29) is 16.1 Å². The average molecular weight is 506 g/mol. The third-order valence-electron chi connectivity index (χ3n) is 5.57. The normalized spacial score (nSPS) is 12.3. The molecule has 1 amide bonds. The predicted octanol–water partition coefficient (Wildman–Crippen LogP) is 5.56. The number of benzene rings is 4. The van der Waals surface area contributed by atoms with Crippen LogP contribution in [0, 0.1) is 5.82 Å². The molecule has 1 aromatic heterocycles. The maximum Gasteiger partial charge on any atom is 0.279 e. The number of aromatic nitrogens is 1. The molecule has 5 aromatic rings. The molecule has 0 atom stereocenters. The van der Waals surface area contributed by atoms with Crippen molar-refractivity contribution in [3.8, 4) is 0 Å². The minimum absolute atomic E-state index is 0.0817. The van der Waals surface area contributed by atoms with Gasteiger partial charge in [-0.15, -0.1) is 0 Å². The number of hydrogen-bond donors (Lipinski definition) is 1. The van der Waals surface area contributed by atoms with Gasteiger partial charge in [0.15, 0.2) is 4.80 Å². The van der Waals surface area contributed by atoms with Crippen LogP contribution in [0.25, 0.3) is 21.0 Å². The van der Waals surface area contributed by atoms with E-state index in [1.165, 1.54) is 35.6 Å². The molecule has 0 aliphatic carbocycles. The van der Waals surface area contributed by atoms with E-state index in [1.54, 1.807) is 12.1 Å². The fraction of sp³-hybridized carbons (Fsp3) is 0.0769. The number of sulfonamides is 1. The highest BCUT2D eigenvalue weighted by molar-refractivity contribution is 7.92. The van der Waals surface area contributed by atoms with Crippen LogP contribution in [0.3, 0.4) is 0 Å². The summed E-state index contributed by atoms with van der Waals surface area (Å²) >= 11 is 1.45. The first-order chi connectivity index (χ1) is 16.9. The molecule has 0 radical (unpaired) electrons. The molecule has 0 aliphatic rings. The molecule has 4 aromatic carbocycles. The lowest BCUT2D eigenvalue weighted by Gasteiger charge is -2.08. The van der Waals surface area contributed by atoms with Crippen molar-refractivity contribution in [2.45, 2.75) is 18.4 Å². The molecular weight excluding hydrogens is 485 g/mol. The summed E-state index contributed by atoms with van der Waals surface area (Å²) in [7, 11) is -3.94. The lowest BCUT2D eigenvalue weighted by Crippen LogP contribution is -2.16. The van der Waals surface area contributed by atoms with Gasteiger partial charge in [-0.2, -0.15) is 4.99 Å². The fourth-order valence-corrected chi connectivity index (χ4v) is 6.16. The highest BCUT2D eigenvalue weighted by Gasteiger charge is 2.16. The summed E-state index contributed by atoms with van der Waals surface area (Å²) in [6.07, 6.45) is 0. The van der Waals surface area contributed by atoms with Gasteiger partial charge in [0, 0.05) is 23.2 Å². The molecule has 1 heterocycles. The van der Waals surface area contributed by atoms with Crippen LogP contribution in [0.1, 0.15) is 17.3 Å². The van der Waals surface area contributed by atoms with E-state index in [2.05, 4.69) is 21.8 Å². The van der Waals surface area contributed by atoms with Crippen LogP contribution >= 0.6 is 11.3 Å². The Hall–Kier alpha value is -3.82. The van der Waals surface area contributed by atoms with E-state index in [4.69, 9.17) is 0 Å². The Labute approximate surface area is 205 Å². The van der Waals surface area contributed by atoms with Crippen LogP contribution in [0.15, 0.2) is 94.8 Å². The van der Waals surface area contributed by atoms with Gasteiger partial charge in [0.05, 0.1) is 15.1 Å². The smallest absolute Gasteiger partial charge is 0.279 e. The number of nitrogens with one attached hydrogen (secondary N) is 1. The number of halogens is 1. The predicted molar refractivity (Wildman–Crippen MR) is 137 cm³/mol. The molecule has 5 rings (SSSR count). The molecule has 176 valence electrons. The number of aryl methyl sites for hydroxylation is 1. The van der Waals surface area contributed by atoms with Gasteiger partial charge in [-0.1, -0.05) is 47.7 Å². The number of hydrogen-bond acceptors (Lipinski definition) is 4. The lowest BCUT2D eigenvalue weighted by molar-refractivity contribution is 0.0998. The van der Waals surface area contributed by atoms with Gasteiger partial charge in [-0.25, -0.2) is 12.8 Å². The Bertz CT molecular complexity index is 1750. The lowest BCUT2D eigenvalue weighted by atomic mass is 10.1. The number of anilines is 1. The van der Waals surface area contributed by atoms with Crippen LogP contribution < -0.4 is 9.52 Å². The summed E-state index contributed by atoms with van der Waals surface area (Å²) in [5, 5.41) is 2.21. The van der Waals surface area contributed by atoms with Crippen LogP contribution in [0.4, 0.5) is 10.1 Å². The van der Waals surface area contributed by atoms with E-state index in [9.17, 15) is 17.6 Å². The van der Waals surface area contributed by atoms with Gasteiger partial charge < -0.3 is 4.57 Å². The van der Waals surface area contributed by atoms with Gasteiger partial charge in [0.1, 0.15) is 5.82 Å². The maximum atomic E-state index is 13.2. The van der Waals surface area contributed by atoms with Crippen molar-refractivity contribution in [2.24, 2.45) is 4.99 Å². The van der Waals surface area contributed by atoms with E-state index in [0.717, 1.165) is 33.1 Å². The molecule has 35 heavy (non-hydrogen) atoms. The van der Waals surface area contributed by atoms with Gasteiger partial charge in [-0.05, 0) is 60.8 Å². The molecule has 0 saturated carbocycles. The molecule has 0 unspecified atom stereocenters. The molecule has 6 nitrogen and oxygen atoms in total. The highest BCUT2D eigenvalue weighted by atomic mass is 32.2. The molecule has 1 N–H and O–H groups in total. The minimum atomic E-state index is -3.94. The number of rotatable bonds is 5. The number of carbonyl (C=O) groups excluding carboxylic acids is 1. The SMILES string of the molecule is CCn1c(=NC(=O)c2cccc(NS(=O)(=O)c3ccc(F)cc3)c2)sc2c3ccccc3ccc21. The van der Waals surface area contributed by atoms with E-state index >= 15 is 0 Å². The van der Waals surface area contributed by atoms with Crippen LogP contribution in [0.5, 0.6) is 0 Å². The Morgan fingerprint density at radius 2 is 1.77 bits per heavy atom. The number of thiazole rings is 1. The quantitative estimate of drug-likeness (QED) is 0.340. The fourth-order valence-electron chi connectivity index (χ4n) is 3.88. The second-order valence-corrected chi connectivity index (χ2v) is 10.5. The van der Waals surface area contributed by atoms with Gasteiger partial charge in [-0.3, -0.25) is 9.52 Å². The summed E-state index contributed by atoms with van der Waals surface area (Å²) in [5.74, 6) is -1.01. The minimum Gasteiger partial charge on any atom is -0.317 e. The summed E-state index contributed by atoms with van der Waals surface area (Å²) in [5.41, 5.74) is 1.46. The van der Waals surface area contributed by atoms with Crippen LogP contribution in [-0.4, -0.2) is 18.9 Å². The second kappa shape index (κ2) is 9.09. The second-order valence-electron chi connectivity index (χ2n) is 7.82. The van der Waals surface area contributed by atoms with Crippen molar-refractivity contribution in [2.75, 3.05) is 4.72 Å². The molecule has 9 heteroatoms. The Kier molecular flexibility index (Phi) is 5.96. The number of fused-ring (bicyclic) bond motifs is 3. The van der Waals surface area contributed by atoms with Crippen molar-refractivity contribution in [1.29, 1.82) is 0 Å². The third kappa shape index (κ3) is 4.48. The topological polar surface area (TPSA) is 80.5 Å². The van der Waals surface area contributed by atoms with E-state index in [0.29, 0.717) is 11.3 Å². The van der Waals surface area contributed by atoms with Crippen molar-refractivity contribution < 1.29 is 17.6 Å². The van der Waals surface area contributed by atoms with Crippen molar-refractivity contribution in [3.05, 3.63) is 101 Å². The molecule has 0 saturated heterocycles. The maximum absolute atomic E-state index is 13.2. The van der Waals surface area contributed by atoms with Gasteiger partial charge in [0.2, 0.25) is 0 Å². The van der Waals surface area contributed by atoms with Crippen LogP contribution in [-0.2, 0) is 16.6 Å². The first-order valence-corrected chi connectivity index (χ1v) is 13.1. The van der Waals surface area contributed by atoms with Crippen molar-refractivity contribution >= 4 is 53.9 Å². The summed E-state index contributed by atoms with van der Waals surface area (Å²) in [4.78, 5) is 17.9. The first-order valence-electron chi connectivity index (χ1n) is 10.8. The Balaban J connectivity index is 1.51. The van der Waals surface area contributed by atoms with Gasteiger partial charge in [0.25, 0.3) is 15.9 Å². The van der Waals surface area contributed by atoms with Crippen molar-refractivity contribution in [1.82, 2.24) is 4.57 Å². The number of carbonyl (C=O) groups is 1. The Morgan fingerprint density at radius 1 is 1.00 bits per heavy atom. The molecule has 0 spiro atoms. The van der Waals surface area contributed by atoms with Crippen molar-refractivity contribution in [3.63, 3.8) is 0 Å². The molecule has 0 bridgehead atoms. The number of nitrogens with zero attached hydrogens (tertiary/aromatic N) is 2. The number of amides is 1. The highest BCUT2D eigenvalue weighted by Crippen LogP contribution is 2.27. The zero-order valence-corrected chi connectivity index (χ0v) is 20.2. The zero-order chi connectivity index (χ0) is 24.6. The van der Waals surface area contributed by atoms with E-state index < -0.39 is 21.7 Å². The molecule has 0 aliphatic heterocycles. The summed E-state index contributed by atoms with van der Waals surface area (Å²) < 4.78 is 43.9. The largest absolute Gasteiger partial charge is 0.317 e. The Morgan fingerprint density at radius 3 is 2.54 bits per heavy atom. The molecule has 0 fully saturated rings. The van der Waals surface area contributed by atoms with Crippen LogP contribution in [0.2, 0.25) is 0 Å². The summed E-state index contributed by atoms with van der Waals surface area (Å²) in [6, 6.07) is 22.8. The third-order valence-corrected chi connectivity index (χ3v) is 8.10. The average Bonchev–Trinajstić information content (AvgIpc) is 3.21.